The number of rotatable bonds is 8. The number of pyridine rings is 1. The van der Waals surface area contributed by atoms with E-state index in [0.29, 0.717) is 6.54 Å². The number of H-pyrrole nitrogens is 1. The van der Waals surface area contributed by atoms with Gasteiger partial charge in [0.05, 0.1) is 12.2 Å². The largest absolute Gasteiger partial charge is 0.362 e. The van der Waals surface area contributed by atoms with E-state index in [9.17, 15) is 0 Å². The summed E-state index contributed by atoms with van der Waals surface area (Å²) < 4.78 is 0. The summed E-state index contributed by atoms with van der Waals surface area (Å²) in [6.45, 7) is 6.63. The maximum Gasteiger partial charge on any atom is 0.169 e. The molecule has 32 heavy (non-hydrogen) atoms. The molecule has 2 heterocycles. The summed E-state index contributed by atoms with van der Waals surface area (Å²) in [5, 5.41) is 5.55. The van der Waals surface area contributed by atoms with E-state index in [0.717, 1.165) is 36.7 Å². The maximum atomic E-state index is 5.81. The van der Waals surface area contributed by atoms with Crippen LogP contribution in [0.25, 0.3) is 10.9 Å². The van der Waals surface area contributed by atoms with Gasteiger partial charge < -0.3 is 15.2 Å². The van der Waals surface area contributed by atoms with Gasteiger partial charge in [0.1, 0.15) is 0 Å². The monoisotopic (exact) mass is 442 g/mol. The molecule has 0 unspecified atom stereocenters. The molecule has 0 aliphatic carbocycles. The van der Waals surface area contributed by atoms with E-state index in [1.54, 1.807) is 0 Å². The summed E-state index contributed by atoms with van der Waals surface area (Å²) >= 11 is 5.81. The zero-order valence-electron chi connectivity index (χ0n) is 18.8. The molecule has 2 N–H and O–H groups in total. The Kier molecular flexibility index (Phi) is 7.17. The van der Waals surface area contributed by atoms with Crippen molar-refractivity contribution in [1.29, 1.82) is 0 Å². The lowest BCUT2D eigenvalue weighted by atomic mass is 10.1. The standard InChI is InChI=1S/C27H30N4S/c1-20-11-12-26-25(18-20)24(21(2)30-26)14-17-31(19-23-10-6-7-15-28-23)27(32)29-16-13-22-8-4-3-5-9-22/h3-12,15,18,30H,13-14,16-17,19H2,1-2H3,(H,29,32). The van der Waals surface area contributed by atoms with Crippen LogP contribution in [0.5, 0.6) is 0 Å². The molecule has 2 aromatic heterocycles. The second-order valence-corrected chi connectivity index (χ2v) is 8.62. The van der Waals surface area contributed by atoms with Crippen molar-refractivity contribution in [1.82, 2.24) is 20.2 Å². The minimum absolute atomic E-state index is 0.693. The fourth-order valence-corrected chi connectivity index (χ4v) is 4.33. The lowest BCUT2D eigenvalue weighted by Gasteiger charge is -2.26. The Labute approximate surface area is 195 Å². The molecular formula is C27H30N4S. The normalized spacial score (nSPS) is 10.9. The minimum atomic E-state index is 0.693. The average Bonchev–Trinajstić information content (AvgIpc) is 3.12. The van der Waals surface area contributed by atoms with E-state index < -0.39 is 0 Å². The second kappa shape index (κ2) is 10.4. The smallest absolute Gasteiger partial charge is 0.169 e. The summed E-state index contributed by atoms with van der Waals surface area (Å²) in [6.07, 6.45) is 3.70. The number of nitrogens with one attached hydrogen (secondary N) is 2. The zero-order chi connectivity index (χ0) is 22.3. The van der Waals surface area contributed by atoms with Crippen LogP contribution in [0.1, 0.15) is 28.1 Å². The molecule has 2 aromatic carbocycles. The molecule has 5 heteroatoms. The highest BCUT2D eigenvalue weighted by Crippen LogP contribution is 2.24. The van der Waals surface area contributed by atoms with Gasteiger partial charge in [-0.15, -0.1) is 0 Å². The number of nitrogens with zero attached hydrogens (tertiary/aromatic N) is 2. The van der Waals surface area contributed by atoms with Crippen LogP contribution in [0.15, 0.2) is 72.9 Å². The van der Waals surface area contributed by atoms with E-state index in [1.807, 2.05) is 24.4 Å². The Morgan fingerprint density at radius 1 is 1.00 bits per heavy atom. The number of fused-ring (bicyclic) bond motifs is 1. The van der Waals surface area contributed by atoms with Gasteiger partial charge in [-0.25, -0.2) is 0 Å². The summed E-state index contributed by atoms with van der Waals surface area (Å²) in [5.41, 5.74) is 7.40. The Morgan fingerprint density at radius 3 is 2.59 bits per heavy atom. The first-order valence-corrected chi connectivity index (χ1v) is 11.6. The number of benzene rings is 2. The van der Waals surface area contributed by atoms with Crippen LogP contribution in [0.2, 0.25) is 0 Å². The van der Waals surface area contributed by atoms with Gasteiger partial charge >= 0.3 is 0 Å². The number of aromatic nitrogens is 2. The molecule has 0 spiro atoms. The molecule has 0 amide bonds. The predicted octanol–water partition coefficient (Wildman–Crippen LogP) is 5.34. The molecule has 164 valence electrons. The highest BCUT2D eigenvalue weighted by molar-refractivity contribution is 7.80. The fourth-order valence-electron chi connectivity index (χ4n) is 4.08. The maximum absolute atomic E-state index is 5.81. The molecule has 0 saturated heterocycles. The molecule has 0 fully saturated rings. The molecule has 0 radical (unpaired) electrons. The van der Waals surface area contributed by atoms with Crippen molar-refractivity contribution < 1.29 is 0 Å². The van der Waals surface area contributed by atoms with E-state index in [4.69, 9.17) is 12.2 Å². The van der Waals surface area contributed by atoms with Gasteiger partial charge in [-0.05, 0) is 74.3 Å². The number of hydrogen-bond acceptors (Lipinski definition) is 2. The van der Waals surface area contributed by atoms with Crippen molar-refractivity contribution in [2.45, 2.75) is 33.2 Å². The molecule has 0 bridgehead atoms. The van der Waals surface area contributed by atoms with Gasteiger partial charge in [-0.2, -0.15) is 0 Å². The van der Waals surface area contributed by atoms with Crippen LogP contribution < -0.4 is 5.32 Å². The first-order chi connectivity index (χ1) is 15.6. The van der Waals surface area contributed by atoms with Crippen molar-refractivity contribution in [3.8, 4) is 0 Å². The summed E-state index contributed by atoms with van der Waals surface area (Å²) in [7, 11) is 0. The summed E-state index contributed by atoms with van der Waals surface area (Å²) in [4.78, 5) is 10.3. The van der Waals surface area contributed by atoms with E-state index in [-0.39, 0.29) is 0 Å². The molecule has 0 aliphatic heterocycles. The van der Waals surface area contributed by atoms with Gasteiger partial charge in [0, 0.05) is 35.9 Å². The third-order valence-corrected chi connectivity index (χ3v) is 6.21. The van der Waals surface area contributed by atoms with E-state index in [1.165, 1.54) is 33.3 Å². The van der Waals surface area contributed by atoms with Crippen LogP contribution in [0.4, 0.5) is 0 Å². The number of hydrogen-bond donors (Lipinski definition) is 2. The summed E-state index contributed by atoms with van der Waals surface area (Å²) in [6, 6.07) is 23.1. The minimum Gasteiger partial charge on any atom is -0.362 e. The molecule has 0 atom stereocenters. The van der Waals surface area contributed by atoms with Crippen LogP contribution in [-0.2, 0) is 19.4 Å². The number of aryl methyl sites for hydroxylation is 2. The van der Waals surface area contributed by atoms with Crippen LogP contribution in [-0.4, -0.2) is 33.1 Å². The third-order valence-electron chi connectivity index (χ3n) is 5.81. The SMILES string of the molecule is Cc1ccc2[nH]c(C)c(CCN(Cc3ccccn3)C(=S)NCCc3ccccc3)c2c1. The Morgan fingerprint density at radius 2 is 1.81 bits per heavy atom. The van der Waals surface area contributed by atoms with Crippen molar-refractivity contribution >= 4 is 28.2 Å². The second-order valence-electron chi connectivity index (χ2n) is 8.24. The van der Waals surface area contributed by atoms with Crippen molar-refractivity contribution in [3.05, 3.63) is 101 Å². The molecule has 4 aromatic rings. The number of thiocarbonyl (C=S) groups is 1. The first kappa shape index (κ1) is 22.0. The fraction of sp³-hybridized carbons (Fsp3) is 0.259. The van der Waals surface area contributed by atoms with Gasteiger partial charge in [0.25, 0.3) is 0 Å². The van der Waals surface area contributed by atoms with E-state index in [2.05, 4.69) is 82.6 Å². The Hall–Kier alpha value is -3.18. The molecule has 0 aliphatic rings. The van der Waals surface area contributed by atoms with Gasteiger partial charge in [0.15, 0.2) is 5.11 Å². The van der Waals surface area contributed by atoms with Gasteiger partial charge in [0.2, 0.25) is 0 Å². The van der Waals surface area contributed by atoms with Crippen molar-refractivity contribution in [3.63, 3.8) is 0 Å². The highest BCUT2D eigenvalue weighted by atomic mass is 32.1. The van der Waals surface area contributed by atoms with Crippen molar-refractivity contribution in [2.24, 2.45) is 0 Å². The molecular weight excluding hydrogens is 412 g/mol. The van der Waals surface area contributed by atoms with Gasteiger partial charge in [-0.3, -0.25) is 4.98 Å². The van der Waals surface area contributed by atoms with Crippen LogP contribution in [0, 0.1) is 13.8 Å². The molecule has 4 nitrogen and oxygen atoms in total. The predicted molar refractivity (Wildman–Crippen MR) is 137 cm³/mol. The summed E-state index contributed by atoms with van der Waals surface area (Å²) in [5.74, 6) is 0. The van der Waals surface area contributed by atoms with E-state index >= 15 is 0 Å². The van der Waals surface area contributed by atoms with Crippen molar-refractivity contribution in [2.75, 3.05) is 13.1 Å². The van der Waals surface area contributed by atoms with Gasteiger partial charge in [-0.1, -0.05) is 48.0 Å². The lowest BCUT2D eigenvalue weighted by molar-refractivity contribution is 0.404. The molecule has 0 saturated carbocycles. The highest BCUT2D eigenvalue weighted by Gasteiger charge is 2.14. The topological polar surface area (TPSA) is 44.0 Å². The third kappa shape index (κ3) is 5.54. The Balaban J connectivity index is 1.46. The zero-order valence-corrected chi connectivity index (χ0v) is 19.6. The Bertz CT molecular complexity index is 1170. The number of aromatic amines is 1. The molecule has 4 rings (SSSR count). The lowest BCUT2D eigenvalue weighted by Crippen LogP contribution is -2.41. The average molecular weight is 443 g/mol. The van der Waals surface area contributed by atoms with Crippen LogP contribution >= 0.6 is 12.2 Å². The first-order valence-electron chi connectivity index (χ1n) is 11.1. The van der Waals surface area contributed by atoms with Crippen LogP contribution in [0.3, 0.4) is 0 Å². The quantitative estimate of drug-likeness (QED) is 0.362.